The van der Waals surface area contributed by atoms with Crippen LogP contribution in [0.1, 0.15) is 23.2 Å². The Balaban J connectivity index is 1.81. The molecule has 1 aromatic heterocycles. The van der Waals surface area contributed by atoms with Crippen LogP contribution in [0, 0.1) is 6.92 Å². The summed E-state index contributed by atoms with van der Waals surface area (Å²) in [4.78, 5) is 15.1. The molecule has 2 aromatic rings. The predicted octanol–water partition coefficient (Wildman–Crippen LogP) is 2.10. The van der Waals surface area contributed by atoms with E-state index in [1.165, 1.54) is 27.7 Å². The molecule has 20 heavy (non-hydrogen) atoms. The Labute approximate surface area is 118 Å². The Bertz CT molecular complexity index is 645. The van der Waals surface area contributed by atoms with Gasteiger partial charge in [0.05, 0.1) is 0 Å². The molecule has 1 unspecified atom stereocenters. The van der Waals surface area contributed by atoms with Gasteiger partial charge in [-0.25, -0.2) is 0 Å². The molecule has 1 aliphatic rings. The minimum Gasteiger partial charge on any atom is -0.375 e. The zero-order valence-corrected chi connectivity index (χ0v) is 12.0. The summed E-state index contributed by atoms with van der Waals surface area (Å²) in [5.41, 5.74) is 5.17. The van der Waals surface area contributed by atoms with Crippen molar-refractivity contribution in [2.75, 3.05) is 13.7 Å². The van der Waals surface area contributed by atoms with Gasteiger partial charge in [-0.05, 0) is 37.5 Å². The van der Waals surface area contributed by atoms with Crippen molar-refractivity contribution in [3.8, 4) is 0 Å². The molecule has 0 radical (unpaired) electrons. The predicted molar refractivity (Wildman–Crippen MR) is 78.9 cm³/mol. The quantitative estimate of drug-likeness (QED) is 0.899. The summed E-state index contributed by atoms with van der Waals surface area (Å²) in [5, 5.41) is 4.37. The van der Waals surface area contributed by atoms with E-state index < -0.39 is 0 Å². The van der Waals surface area contributed by atoms with Crippen molar-refractivity contribution in [3.05, 3.63) is 35.0 Å². The topological polar surface area (TPSA) is 54.1 Å². The molecule has 4 nitrogen and oxygen atoms in total. The van der Waals surface area contributed by atoms with Gasteiger partial charge < -0.3 is 15.0 Å². The molecule has 0 aliphatic heterocycles. The van der Waals surface area contributed by atoms with Crippen LogP contribution in [-0.4, -0.2) is 30.6 Å². The molecule has 1 atom stereocenters. The van der Waals surface area contributed by atoms with Gasteiger partial charge in [0.1, 0.15) is 6.61 Å². The smallest absolute Gasteiger partial charge is 0.246 e. The van der Waals surface area contributed by atoms with E-state index in [1.807, 2.05) is 0 Å². The molecule has 1 aliphatic carbocycles. The lowest BCUT2D eigenvalue weighted by molar-refractivity contribution is -0.125. The Morgan fingerprint density at radius 1 is 1.50 bits per heavy atom. The van der Waals surface area contributed by atoms with Gasteiger partial charge >= 0.3 is 0 Å². The van der Waals surface area contributed by atoms with Crippen LogP contribution in [0.4, 0.5) is 0 Å². The fraction of sp³-hybridized carbons (Fsp3) is 0.438. The number of methoxy groups -OCH3 is 1. The number of aromatic amines is 1. The Kier molecular flexibility index (Phi) is 3.49. The third-order valence-corrected chi connectivity index (χ3v) is 3.98. The second-order valence-corrected chi connectivity index (χ2v) is 5.57. The average Bonchev–Trinajstić information content (AvgIpc) is 2.76. The fourth-order valence-electron chi connectivity index (χ4n) is 3.07. The van der Waals surface area contributed by atoms with Crippen molar-refractivity contribution in [2.24, 2.45) is 0 Å². The SMILES string of the molecule is COCC(=O)NC1CCc2c([nH]c3ccc(C)cc23)C1. The highest BCUT2D eigenvalue weighted by atomic mass is 16.5. The lowest BCUT2D eigenvalue weighted by atomic mass is 9.91. The Hall–Kier alpha value is -1.81. The number of nitrogens with one attached hydrogen (secondary N) is 2. The molecule has 0 fully saturated rings. The van der Waals surface area contributed by atoms with Gasteiger partial charge in [0.25, 0.3) is 0 Å². The first kappa shape index (κ1) is 13.2. The van der Waals surface area contributed by atoms with Crippen LogP contribution in [0.2, 0.25) is 0 Å². The molecule has 1 amide bonds. The maximum atomic E-state index is 11.6. The van der Waals surface area contributed by atoms with E-state index in [4.69, 9.17) is 4.74 Å². The summed E-state index contributed by atoms with van der Waals surface area (Å²) in [6, 6.07) is 6.72. The highest BCUT2D eigenvalue weighted by Crippen LogP contribution is 2.29. The van der Waals surface area contributed by atoms with Gasteiger partial charge in [-0.1, -0.05) is 11.6 Å². The maximum Gasteiger partial charge on any atom is 0.246 e. The van der Waals surface area contributed by atoms with Crippen molar-refractivity contribution < 1.29 is 9.53 Å². The lowest BCUT2D eigenvalue weighted by Gasteiger charge is -2.23. The van der Waals surface area contributed by atoms with Crippen LogP contribution in [0.25, 0.3) is 10.9 Å². The third-order valence-electron chi connectivity index (χ3n) is 3.98. The van der Waals surface area contributed by atoms with E-state index in [2.05, 4.69) is 35.4 Å². The fourth-order valence-corrected chi connectivity index (χ4v) is 3.07. The van der Waals surface area contributed by atoms with E-state index in [0.29, 0.717) is 0 Å². The molecular formula is C16H20N2O2. The summed E-state index contributed by atoms with van der Waals surface area (Å²) in [7, 11) is 1.54. The van der Waals surface area contributed by atoms with Crippen molar-refractivity contribution in [1.82, 2.24) is 10.3 Å². The number of amides is 1. The van der Waals surface area contributed by atoms with E-state index in [1.54, 1.807) is 7.11 Å². The molecule has 0 saturated carbocycles. The van der Waals surface area contributed by atoms with Crippen LogP contribution in [0.3, 0.4) is 0 Å². The molecule has 1 aromatic carbocycles. The molecule has 0 bridgehead atoms. The minimum atomic E-state index is -0.0343. The van der Waals surface area contributed by atoms with Gasteiger partial charge in [-0.2, -0.15) is 0 Å². The monoisotopic (exact) mass is 272 g/mol. The molecule has 0 spiro atoms. The van der Waals surface area contributed by atoms with Crippen LogP contribution in [0.15, 0.2) is 18.2 Å². The highest BCUT2D eigenvalue weighted by molar-refractivity contribution is 5.85. The van der Waals surface area contributed by atoms with E-state index in [0.717, 1.165) is 19.3 Å². The lowest BCUT2D eigenvalue weighted by Crippen LogP contribution is -2.40. The zero-order valence-electron chi connectivity index (χ0n) is 12.0. The summed E-state index contributed by atoms with van der Waals surface area (Å²) in [5.74, 6) is -0.0343. The first-order chi connectivity index (χ1) is 9.67. The number of ether oxygens (including phenoxy) is 1. The second-order valence-electron chi connectivity index (χ2n) is 5.57. The largest absolute Gasteiger partial charge is 0.375 e. The van der Waals surface area contributed by atoms with Crippen molar-refractivity contribution >= 4 is 16.8 Å². The van der Waals surface area contributed by atoms with Gasteiger partial charge in [0.2, 0.25) is 5.91 Å². The first-order valence-electron chi connectivity index (χ1n) is 7.05. The van der Waals surface area contributed by atoms with Crippen LogP contribution in [-0.2, 0) is 22.4 Å². The summed E-state index contributed by atoms with van der Waals surface area (Å²) >= 11 is 0. The summed E-state index contributed by atoms with van der Waals surface area (Å²) in [6.45, 7) is 2.25. The number of carbonyl (C=O) groups excluding carboxylic acids is 1. The van der Waals surface area contributed by atoms with Crippen LogP contribution in [0.5, 0.6) is 0 Å². The number of hydrogen-bond acceptors (Lipinski definition) is 2. The molecule has 0 saturated heterocycles. The van der Waals surface area contributed by atoms with E-state index >= 15 is 0 Å². The number of fused-ring (bicyclic) bond motifs is 3. The second kappa shape index (κ2) is 5.29. The van der Waals surface area contributed by atoms with Gasteiger partial charge in [-0.3, -0.25) is 4.79 Å². The van der Waals surface area contributed by atoms with Crippen molar-refractivity contribution in [3.63, 3.8) is 0 Å². The van der Waals surface area contributed by atoms with Gasteiger partial charge in [-0.15, -0.1) is 0 Å². The van der Waals surface area contributed by atoms with E-state index in [-0.39, 0.29) is 18.6 Å². The standard InChI is InChI=1S/C16H20N2O2/c1-10-3-6-14-13(7-10)12-5-4-11(8-15(12)18-14)17-16(19)9-20-2/h3,6-7,11,18H,4-5,8-9H2,1-2H3,(H,17,19). The van der Waals surface area contributed by atoms with Gasteiger partial charge in [0.15, 0.2) is 0 Å². The third kappa shape index (κ3) is 2.43. The molecular weight excluding hydrogens is 252 g/mol. The molecule has 1 heterocycles. The van der Waals surface area contributed by atoms with Crippen molar-refractivity contribution in [2.45, 2.75) is 32.2 Å². The number of rotatable bonds is 3. The van der Waals surface area contributed by atoms with E-state index in [9.17, 15) is 4.79 Å². The normalized spacial score (nSPS) is 18.0. The number of aromatic nitrogens is 1. The number of aryl methyl sites for hydroxylation is 2. The van der Waals surface area contributed by atoms with Gasteiger partial charge in [0, 0.05) is 36.2 Å². The summed E-state index contributed by atoms with van der Waals surface area (Å²) in [6.07, 6.45) is 2.87. The van der Waals surface area contributed by atoms with Crippen molar-refractivity contribution in [1.29, 1.82) is 0 Å². The number of benzene rings is 1. The molecule has 4 heteroatoms. The molecule has 3 rings (SSSR count). The highest BCUT2D eigenvalue weighted by Gasteiger charge is 2.23. The number of carbonyl (C=O) groups is 1. The van der Waals surface area contributed by atoms with Crippen LogP contribution < -0.4 is 5.32 Å². The zero-order chi connectivity index (χ0) is 14.1. The first-order valence-corrected chi connectivity index (χ1v) is 7.05. The number of H-pyrrole nitrogens is 1. The number of hydrogen-bond donors (Lipinski definition) is 2. The minimum absolute atomic E-state index is 0.0343. The maximum absolute atomic E-state index is 11.6. The average molecular weight is 272 g/mol. The van der Waals surface area contributed by atoms with Crippen LogP contribution >= 0.6 is 0 Å². The molecule has 2 N–H and O–H groups in total. The molecule has 106 valence electrons. The Morgan fingerprint density at radius 3 is 3.15 bits per heavy atom. The Morgan fingerprint density at radius 2 is 2.35 bits per heavy atom. The summed E-state index contributed by atoms with van der Waals surface area (Å²) < 4.78 is 4.86.